The Balaban J connectivity index is 1.02. The van der Waals surface area contributed by atoms with Gasteiger partial charge in [-0.25, -0.2) is 9.31 Å². The van der Waals surface area contributed by atoms with Gasteiger partial charge in [-0.15, -0.1) is 11.3 Å². The second kappa shape index (κ2) is 9.28. The second-order valence-electron chi connectivity index (χ2n) is 12.2. The lowest BCUT2D eigenvalue weighted by Crippen LogP contribution is -2.66. The molecule has 3 aliphatic heterocycles. The van der Waals surface area contributed by atoms with Crippen molar-refractivity contribution in [3.8, 4) is 10.7 Å². The van der Waals surface area contributed by atoms with E-state index in [1.54, 1.807) is 15.6 Å². The van der Waals surface area contributed by atoms with Crippen molar-refractivity contribution < 1.29 is 23.6 Å². The molecule has 7 heterocycles. The topological polar surface area (TPSA) is 127 Å². The van der Waals surface area contributed by atoms with Crippen LogP contribution >= 0.6 is 11.3 Å². The number of rotatable bonds is 5. The first kappa shape index (κ1) is 26.0. The van der Waals surface area contributed by atoms with E-state index in [-0.39, 0.29) is 17.9 Å². The number of amides is 2. The molecule has 12 nitrogen and oxygen atoms in total. The molecule has 1 spiro atoms. The van der Waals surface area contributed by atoms with E-state index >= 15 is 0 Å². The van der Waals surface area contributed by atoms with Crippen LogP contribution in [0.3, 0.4) is 0 Å². The van der Waals surface area contributed by atoms with Crippen LogP contribution in [0, 0.1) is 12.3 Å². The van der Waals surface area contributed by atoms with Crippen molar-refractivity contribution in [3.63, 3.8) is 0 Å². The number of likely N-dealkylation sites (tertiary alicyclic amines) is 1. The Morgan fingerprint density at radius 2 is 1.98 bits per heavy atom. The maximum absolute atomic E-state index is 13.3. The zero-order chi connectivity index (χ0) is 28.5. The lowest BCUT2D eigenvalue weighted by Gasteiger charge is -2.56. The Kier molecular flexibility index (Phi) is 5.88. The van der Waals surface area contributed by atoms with Crippen LogP contribution in [-0.4, -0.2) is 81.6 Å². The highest BCUT2D eigenvalue weighted by Gasteiger charge is 2.49. The fraction of sp³-hybridized carbons (Fsp3) is 0.464. The van der Waals surface area contributed by atoms with Gasteiger partial charge < -0.3 is 29.1 Å². The zero-order valence-electron chi connectivity index (χ0n) is 23.3. The third-order valence-corrected chi connectivity index (χ3v) is 8.74. The quantitative estimate of drug-likeness (QED) is 0.372. The molecule has 13 heteroatoms. The molecule has 0 unspecified atom stereocenters. The van der Waals surface area contributed by atoms with Gasteiger partial charge in [0.25, 0.3) is 5.91 Å². The summed E-state index contributed by atoms with van der Waals surface area (Å²) in [4.78, 5) is 35.8. The molecule has 4 aromatic heterocycles. The predicted octanol–water partition coefficient (Wildman–Crippen LogP) is 4.18. The van der Waals surface area contributed by atoms with E-state index < -0.39 is 5.60 Å². The molecule has 0 aromatic carbocycles. The molecule has 0 bridgehead atoms. The van der Waals surface area contributed by atoms with Crippen molar-refractivity contribution in [3.05, 3.63) is 46.9 Å². The summed E-state index contributed by atoms with van der Waals surface area (Å²) in [6.07, 6.45) is 3.14. The molecule has 214 valence electrons. The number of aromatic nitrogens is 4. The van der Waals surface area contributed by atoms with Crippen LogP contribution in [0.1, 0.15) is 47.8 Å². The molecule has 0 aliphatic carbocycles. The van der Waals surface area contributed by atoms with Crippen LogP contribution in [0.4, 0.5) is 16.2 Å². The maximum atomic E-state index is 13.3. The van der Waals surface area contributed by atoms with Crippen LogP contribution in [0.15, 0.2) is 35.1 Å². The van der Waals surface area contributed by atoms with Crippen molar-refractivity contribution in [2.24, 2.45) is 5.41 Å². The SMILES string of the molecule is Cc1sc(-c2noc(C3CN(C(=O)OC(C)(C)C)C3)n2)cc1NC(=O)c1cnn2ccc(N3CC4(COC4)C3)cc12. The molecule has 0 atom stereocenters. The first-order valence-corrected chi connectivity index (χ1v) is 14.4. The summed E-state index contributed by atoms with van der Waals surface area (Å²) < 4.78 is 18.0. The van der Waals surface area contributed by atoms with Gasteiger partial charge in [0.15, 0.2) is 0 Å². The first-order valence-electron chi connectivity index (χ1n) is 13.6. The fourth-order valence-corrected chi connectivity index (χ4v) is 6.28. The minimum Gasteiger partial charge on any atom is -0.444 e. The van der Waals surface area contributed by atoms with E-state index in [4.69, 9.17) is 14.0 Å². The lowest BCUT2D eigenvalue weighted by molar-refractivity contribution is -0.127. The molecular weight excluding hydrogens is 546 g/mol. The molecule has 41 heavy (non-hydrogen) atoms. The van der Waals surface area contributed by atoms with Gasteiger partial charge in [0.2, 0.25) is 11.7 Å². The van der Waals surface area contributed by atoms with Crippen LogP contribution in [-0.2, 0) is 9.47 Å². The number of nitrogens with zero attached hydrogens (tertiary/aromatic N) is 6. The van der Waals surface area contributed by atoms with Crippen LogP contribution < -0.4 is 10.2 Å². The van der Waals surface area contributed by atoms with Crippen molar-refractivity contribution in [1.82, 2.24) is 24.7 Å². The number of ether oxygens (including phenoxy) is 2. The van der Waals surface area contributed by atoms with Gasteiger partial charge in [-0.05, 0) is 45.9 Å². The van der Waals surface area contributed by atoms with Gasteiger partial charge in [-0.3, -0.25) is 4.79 Å². The third kappa shape index (κ3) is 4.72. The van der Waals surface area contributed by atoms with E-state index in [1.165, 1.54) is 11.3 Å². The smallest absolute Gasteiger partial charge is 0.410 e. The summed E-state index contributed by atoms with van der Waals surface area (Å²) in [6, 6.07) is 5.91. The summed E-state index contributed by atoms with van der Waals surface area (Å²) in [7, 11) is 0. The standard InChI is InChI=1S/C28H31N7O5S/c1-16-20(8-22(41-16)23-31-25(40-32-23)17-10-33(11-17)26(37)39-27(2,3)4)30-24(36)19-9-29-35-6-5-18(7-21(19)35)34-12-28(13-34)14-38-15-28/h5-9,17H,10-15H2,1-4H3,(H,30,36). The maximum Gasteiger partial charge on any atom is 0.410 e. The average molecular weight is 578 g/mol. The first-order chi connectivity index (χ1) is 19.6. The van der Waals surface area contributed by atoms with Crippen LogP contribution in [0.5, 0.6) is 0 Å². The summed E-state index contributed by atoms with van der Waals surface area (Å²) >= 11 is 1.48. The van der Waals surface area contributed by atoms with Gasteiger partial charge >= 0.3 is 6.09 Å². The molecule has 0 saturated carbocycles. The number of fused-ring (bicyclic) bond motifs is 1. The van der Waals surface area contributed by atoms with Gasteiger partial charge in [0.1, 0.15) is 5.60 Å². The fourth-order valence-electron chi connectivity index (χ4n) is 5.38. The van der Waals surface area contributed by atoms with Crippen molar-refractivity contribution >= 4 is 40.2 Å². The van der Waals surface area contributed by atoms with E-state index in [2.05, 4.69) is 25.5 Å². The number of aryl methyl sites for hydroxylation is 1. The Labute approximate surface area is 240 Å². The summed E-state index contributed by atoms with van der Waals surface area (Å²) in [5.74, 6) is 0.668. The molecule has 3 fully saturated rings. The van der Waals surface area contributed by atoms with Gasteiger partial charge in [-0.2, -0.15) is 10.1 Å². The normalized spacial score (nSPS) is 18.2. The molecule has 1 N–H and O–H groups in total. The number of hydrogen-bond donors (Lipinski definition) is 1. The average Bonchev–Trinajstić information content (AvgIpc) is 3.54. The number of hydrogen-bond acceptors (Lipinski definition) is 10. The van der Waals surface area contributed by atoms with Crippen molar-refractivity contribution in [1.29, 1.82) is 0 Å². The number of thiophene rings is 1. The monoisotopic (exact) mass is 577 g/mol. The number of nitrogens with one attached hydrogen (secondary N) is 1. The molecular formula is C28H31N7O5S. The van der Waals surface area contributed by atoms with E-state index in [0.717, 1.165) is 47.3 Å². The summed E-state index contributed by atoms with van der Waals surface area (Å²) in [5.41, 5.74) is 2.78. The molecule has 3 saturated heterocycles. The minimum atomic E-state index is -0.540. The van der Waals surface area contributed by atoms with Crippen LogP contribution in [0.2, 0.25) is 0 Å². The highest BCUT2D eigenvalue weighted by atomic mass is 32.1. The van der Waals surface area contributed by atoms with Crippen molar-refractivity contribution in [2.45, 2.75) is 39.2 Å². The highest BCUT2D eigenvalue weighted by molar-refractivity contribution is 7.16. The van der Waals surface area contributed by atoms with Gasteiger partial charge in [-0.1, -0.05) is 5.16 Å². The molecule has 4 aromatic rings. The van der Waals surface area contributed by atoms with Crippen molar-refractivity contribution in [2.75, 3.05) is 49.6 Å². The third-order valence-electron chi connectivity index (χ3n) is 7.69. The Morgan fingerprint density at radius 3 is 2.68 bits per heavy atom. The molecule has 0 radical (unpaired) electrons. The highest BCUT2D eigenvalue weighted by Crippen LogP contribution is 2.40. The summed E-state index contributed by atoms with van der Waals surface area (Å²) in [6.45, 7) is 12.0. The molecule has 2 amide bonds. The largest absolute Gasteiger partial charge is 0.444 e. The Morgan fingerprint density at radius 1 is 1.20 bits per heavy atom. The Bertz CT molecular complexity index is 1650. The summed E-state index contributed by atoms with van der Waals surface area (Å²) in [5, 5.41) is 11.6. The van der Waals surface area contributed by atoms with Crippen LogP contribution in [0.25, 0.3) is 16.2 Å². The zero-order valence-corrected chi connectivity index (χ0v) is 24.2. The second-order valence-corrected chi connectivity index (χ2v) is 13.5. The molecule has 3 aliphatic rings. The minimum absolute atomic E-state index is 0.0339. The molecule has 7 rings (SSSR count). The number of anilines is 2. The number of carbonyl (C=O) groups excluding carboxylic acids is 2. The lowest BCUT2D eigenvalue weighted by atomic mass is 9.78. The predicted molar refractivity (Wildman–Crippen MR) is 152 cm³/mol. The van der Waals surface area contributed by atoms with E-state index in [1.807, 2.05) is 52.1 Å². The van der Waals surface area contributed by atoms with Gasteiger partial charge in [0.05, 0.1) is 52.4 Å². The van der Waals surface area contributed by atoms with E-state index in [0.29, 0.717) is 41.5 Å². The van der Waals surface area contributed by atoms with Gasteiger partial charge in [0, 0.05) is 42.9 Å². The number of pyridine rings is 1. The van der Waals surface area contributed by atoms with E-state index in [9.17, 15) is 9.59 Å². The Hall–Kier alpha value is -3.97. The number of carbonyl (C=O) groups is 2.